The number of carbonyl (C=O) groups excluding carboxylic acids is 3. The maximum Gasteiger partial charge on any atom is 0.356 e. The van der Waals surface area contributed by atoms with Crippen molar-refractivity contribution in [1.29, 1.82) is 0 Å². The summed E-state index contributed by atoms with van der Waals surface area (Å²) in [7, 11) is 0. The molecule has 0 unspecified atom stereocenters. The Morgan fingerprint density at radius 1 is 0.906 bits per heavy atom. The van der Waals surface area contributed by atoms with E-state index in [4.69, 9.17) is 14.2 Å². The number of aromatic nitrogens is 2. The van der Waals surface area contributed by atoms with E-state index in [0.29, 0.717) is 11.2 Å². The number of carbonyl (C=O) groups is 3. The lowest BCUT2D eigenvalue weighted by Crippen LogP contribution is -2.32. The maximum absolute atomic E-state index is 13.1. The number of esters is 3. The van der Waals surface area contributed by atoms with Crippen molar-refractivity contribution in [3.8, 4) is 5.69 Å². The molecule has 0 spiro atoms. The molecule has 0 saturated heterocycles. The van der Waals surface area contributed by atoms with Gasteiger partial charge in [-0.1, -0.05) is 18.2 Å². The van der Waals surface area contributed by atoms with E-state index in [0.717, 1.165) is 11.6 Å². The van der Waals surface area contributed by atoms with Gasteiger partial charge in [-0.25, -0.2) is 14.4 Å². The van der Waals surface area contributed by atoms with Gasteiger partial charge in [-0.2, -0.15) is 0 Å². The zero-order chi connectivity index (χ0) is 23.3. The molecule has 0 bridgehead atoms. The highest BCUT2D eigenvalue weighted by Gasteiger charge is 2.31. The summed E-state index contributed by atoms with van der Waals surface area (Å²) in [6, 6.07) is 8.98. The van der Waals surface area contributed by atoms with Crippen LogP contribution in [0.2, 0.25) is 0 Å². The first-order valence-electron chi connectivity index (χ1n) is 10.1. The van der Waals surface area contributed by atoms with Gasteiger partial charge in [0, 0.05) is 11.6 Å². The molecule has 3 aromatic rings. The van der Waals surface area contributed by atoms with Crippen LogP contribution in [0.5, 0.6) is 0 Å². The van der Waals surface area contributed by atoms with Gasteiger partial charge in [0.25, 0.3) is 0 Å². The molecule has 9 heteroatoms. The van der Waals surface area contributed by atoms with Crippen LogP contribution in [0.25, 0.3) is 16.6 Å². The maximum atomic E-state index is 13.1. The number of ether oxygens (including phenoxy) is 3. The number of rotatable bonds is 7. The van der Waals surface area contributed by atoms with Crippen LogP contribution in [0.3, 0.4) is 0 Å². The van der Waals surface area contributed by atoms with Gasteiger partial charge in [0.15, 0.2) is 5.69 Å². The van der Waals surface area contributed by atoms with Crippen LogP contribution < -0.4 is 5.43 Å². The normalized spacial score (nSPS) is 10.6. The minimum absolute atomic E-state index is 0.00485. The highest BCUT2D eigenvalue weighted by molar-refractivity contribution is 6.04. The fourth-order valence-corrected chi connectivity index (χ4v) is 3.16. The number of hydrogen-bond donors (Lipinski definition) is 0. The SMILES string of the molecule is CCOC(=O)c1cn(-c2cnc3ccccc3c2)c(C(=O)OCC)c(C(=O)OCC)c1=O. The van der Waals surface area contributed by atoms with Gasteiger partial charge >= 0.3 is 17.9 Å². The number of pyridine rings is 2. The molecular formula is C23H22N2O7. The molecule has 0 atom stereocenters. The second kappa shape index (κ2) is 9.86. The third kappa shape index (κ3) is 4.36. The minimum atomic E-state index is -1.05. The third-order valence-corrected chi connectivity index (χ3v) is 4.51. The third-order valence-electron chi connectivity index (χ3n) is 4.51. The lowest BCUT2D eigenvalue weighted by molar-refractivity contribution is 0.0465. The van der Waals surface area contributed by atoms with E-state index in [-0.39, 0.29) is 25.5 Å². The molecule has 0 aliphatic rings. The molecule has 2 heterocycles. The summed E-state index contributed by atoms with van der Waals surface area (Å²) in [6.45, 7) is 4.72. The van der Waals surface area contributed by atoms with E-state index in [1.807, 2.05) is 24.3 Å². The highest BCUT2D eigenvalue weighted by Crippen LogP contribution is 2.21. The summed E-state index contributed by atoms with van der Waals surface area (Å²) in [5.41, 5.74) is -1.33. The molecule has 3 rings (SSSR count). The van der Waals surface area contributed by atoms with Gasteiger partial charge in [-0.3, -0.25) is 9.78 Å². The second-order valence-electron chi connectivity index (χ2n) is 6.51. The van der Waals surface area contributed by atoms with Gasteiger partial charge < -0.3 is 18.8 Å². The average molecular weight is 438 g/mol. The van der Waals surface area contributed by atoms with Gasteiger partial charge in [-0.05, 0) is 32.9 Å². The summed E-state index contributed by atoms with van der Waals surface area (Å²) in [5, 5.41) is 0.744. The molecule has 32 heavy (non-hydrogen) atoms. The zero-order valence-corrected chi connectivity index (χ0v) is 17.9. The van der Waals surface area contributed by atoms with Crippen LogP contribution in [0.15, 0.2) is 47.5 Å². The van der Waals surface area contributed by atoms with Crippen molar-refractivity contribution in [2.45, 2.75) is 20.8 Å². The minimum Gasteiger partial charge on any atom is -0.462 e. The Balaban J connectivity index is 2.40. The topological polar surface area (TPSA) is 114 Å². The first kappa shape index (κ1) is 22.7. The summed E-state index contributed by atoms with van der Waals surface area (Å²) in [6.07, 6.45) is 2.61. The fourth-order valence-electron chi connectivity index (χ4n) is 3.16. The Morgan fingerprint density at radius 2 is 1.53 bits per heavy atom. The Morgan fingerprint density at radius 3 is 2.22 bits per heavy atom. The summed E-state index contributed by atoms with van der Waals surface area (Å²) in [5.74, 6) is -2.90. The molecule has 0 N–H and O–H groups in total. The number of para-hydroxylation sites is 1. The molecule has 1 aromatic carbocycles. The number of fused-ring (bicyclic) bond motifs is 1. The van der Waals surface area contributed by atoms with Crippen LogP contribution in [-0.2, 0) is 14.2 Å². The molecule has 0 aliphatic carbocycles. The van der Waals surface area contributed by atoms with Gasteiger partial charge in [-0.15, -0.1) is 0 Å². The molecule has 9 nitrogen and oxygen atoms in total. The van der Waals surface area contributed by atoms with Gasteiger partial charge in [0.1, 0.15) is 11.1 Å². The second-order valence-corrected chi connectivity index (χ2v) is 6.51. The summed E-state index contributed by atoms with van der Waals surface area (Å²) < 4.78 is 16.3. The van der Waals surface area contributed by atoms with E-state index in [1.54, 1.807) is 26.8 Å². The van der Waals surface area contributed by atoms with Crippen LogP contribution >= 0.6 is 0 Å². The van der Waals surface area contributed by atoms with Crippen molar-refractivity contribution >= 4 is 28.8 Å². The van der Waals surface area contributed by atoms with Crippen LogP contribution in [0.4, 0.5) is 0 Å². The monoisotopic (exact) mass is 438 g/mol. The molecular weight excluding hydrogens is 416 g/mol. The van der Waals surface area contributed by atoms with Crippen molar-refractivity contribution in [3.05, 3.63) is 69.8 Å². The van der Waals surface area contributed by atoms with Crippen molar-refractivity contribution < 1.29 is 28.6 Å². The van der Waals surface area contributed by atoms with Crippen molar-refractivity contribution in [3.63, 3.8) is 0 Å². The molecule has 0 radical (unpaired) electrons. The molecule has 0 amide bonds. The van der Waals surface area contributed by atoms with Crippen molar-refractivity contribution in [2.24, 2.45) is 0 Å². The summed E-state index contributed by atoms with van der Waals surface area (Å²) >= 11 is 0. The van der Waals surface area contributed by atoms with Crippen molar-refractivity contribution in [1.82, 2.24) is 9.55 Å². The van der Waals surface area contributed by atoms with E-state index in [1.165, 1.54) is 10.8 Å². The molecule has 166 valence electrons. The summed E-state index contributed by atoms with van der Waals surface area (Å²) in [4.78, 5) is 55.5. The lowest BCUT2D eigenvalue weighted by Gasteiger charge is -2.17. The van der Waals surface area contributed by atoms with Gasteiger partial charge in [0.05, 0.1) is 37.2 Å². The number of benzene rings is 1. The first-order chi connectivity index (χ1) is 15.4. The van der Waals surface area contributed by atoms with Gasteiger partial charge in [0.2, 0.25) is 5.43 Å². The predicted molar refractivity (Wildman–Crippen MR) is 115 cm³/mol. The quantitative estimate of drug-likeness (QED) is 0.409. The Bertz CT molecular complexity index is 1250. The van der Waals surface area contributed by atoms with Crippen molar-refractivity contribution in [2.75, 3.05) is 19.8 Å². The Labute approximate surface area is 183 Å². The van der Waals surface area contributed by atoms with Crippen LogP contribution in [-0.4, -0.2) is 47.3 Å². The Hall–Kier alpha value is -4.01. The number of nitrogens with zero attached hydrogens (tertiary/aromatic N) is 2. The fraction of sp³-hybridized carbons (Fsp3) is 0.261. The first-order valence-corrected chi connectivity index (χ1v) is 10.1. The molecule has 2 aromatic heterocycles. The molecule has 0 fully saturated rings. The van der Waals surface area contributed by atoms with E-state index < -0.39 is 34.5 Å². The van der Waals surface area contributed by atoms with E-state index in [9.17, 15) is 19.2 Å². The smallest absolute Gasteiger partial charge is 0.356 e. The molecule has 0 saturated carbocycles. The lowest BCUT2D eigenvalue weighted by atomic mass is 10.1. The Kier molecular flexibility index (Phi) is 6.99. The van der Waals surface area contributed by atoms with E-state index in [2.05, 4.69) is 4.98 Å². The predicted octanol–water partition coefficient (Wildman–Crippen LogP) is 2.92. The average Bonchev–Trinajstić information content (AvgIpc) is 2.78. The molecule has 0 aliphatic heterocycles. The van der Waals surface area contributed by atoms with E-state index >= 15 is 0 Å². The van der Waals surface area contributed by atoms with Crippen LogP contribution in [0.1, 0.15) is 52.0 Å². The zero-order valence-electron chi connectivity index (χ0n) is 17.9. The van der Waals surface area contributed by atoms with Crippen LogP contribution in [0, 0.1) is 0 Å². The standard InChI is InChI=1S/C23H22N2O7/c1-4-30-21(27)16-13-25(15-11-14-9-7-8-10-17(14)24-12-15)19(23(29)32-6-3)18(20(16)26)22(28)31-5-2/h7-13H,4-6H2,1-3H3. The largest absolute Gasteiger partial charge is 0.462 e. The number of hydrogen-bond acceptors (Lipinski definition) is 8. The highest BCUT2D eigenvalue weighted by atomic mass is 16.5.